The predicted octanol–water partition coefficient (Wildman–Crippen LogP) is 17.8. The number of nitrogens with zero attached hydrogens (tertiary/aromatic N) is 2. The van der Waals surface area contributed by atoms with Gasteiger partial charge in [-0.05, 0) is 122 Å². The van der Waals surface area contributed by atoms with Gasteiger partial charge in [-0.25, -0.2) is 0 Å². The molecule has 12 rings (SSSR count). The second kappa shape index (κ2) is 16.2. The molecule has 0 atom stereocenters. The first-order chi connectivity index (χ1) is 32.2. The van der Waals surface area contributed by atoms with Crippen molar-refractivity contribution in [3.8, 4) is 33.4 Å². The zero-order chi connectivity index (χ0) is 43.1. The van der Waals surface area contributed by atoms with Crippen molar-refractivity contribution in [2.45, 2.75) is 0 Å². The highest BCUT2D eigenvalue weighted by Gasteiger charge is 2.24. The minimum atomic E-state index is 0.832. The molecule has 306 valence electrons. The first-order valence-corrected chi connectivity index (χ1v) is 22.2. The fourth-order valence-electron chi connectivity index (χ4n) is 9.39. The van der Waals surface area contributed by atoms with Crippen LogP contribution in [-0.2, 0) is 0 Å². The molecule has 0 amide bonds. The standard InChI is InChI=1S/C62H42N2O/c1-4-15-43(16-5-1)46-27-29-48(30-28-46)50-22-14-25-54(39-50)63(55-36-33-45-19-10-11-20-49(45)40-55)56-37-38-60-58(42-56)59-41-51-21-12-13-26-57(51)61(62(59)65-60)64(52-23-8-3-9-24-52)53-34-31-47(32-35-53)44-17-6-2-7-18-44/h1-42H. The van der Waals surface area contributed by atoms with Gasteiger partial charge in [-0.2, -0.15) is 0 Å². The number of para-hydroxylation sites is 1. The van der Waals surface area contributed by atoms with Gasteiger partial charge < -0.3 is 14.2 Å². The quantitative estimate of drug-likeness (QED) is 0.144. The Labute approximate surface area is 378 Å². The SMILES string of the molecule is c1ccc(-c2ccc(-c3cccc(N(c4ccc5ccccc5c4)c4ccc5oc6c(N(c7ccccc7)c7ccc(-c8ccccc8)cc7)c7ccccc7cc6c5c4)c3)cc2)cc1. The van der Waals surface area contributed by atoms with Gasteiger partial charge in [-0.3, -0.25) is 0 Å². The number of benzene rings is 11. The van der Waals surface area contributed by atoms with Crippen LogP contribution in [0.5, 0.6) is 0 Å². The van der Waals surface area contributed by atoms with Crippen LogP contribution < -0.4 is 9.80 Å². The normalized spacial score (nSPS) is 11.4. The molecule has 11 aromatic carbocycles. The lowest BCUT2D eigenvalue weighted by Gasteiger charge is -2.27. The molecule has 1 heterocycles. The number of furan rings is 1. The summed E-state index contributed by atoms with van der Waals surface area (Å²) < 4.78 is 7.07. The van der Waals surface area contributed by atoms with Gasteiger partial charge in [0.25, 0.3) is 0 Å². The van der Waals surface area contributed by atoms with E-state index in [1.54, 1.807) is 0 Å². The molecule has 0 unspecified atom stereocenters. The van der Waals surface area contributed by atoms with E-state index in [-0.39, 0.29) is 0 Å². The summed E-state index contributed by atoms with van der Waals surface area (Å²) in [7, 11) is 0. The maximum Gasteiger partial charge on any atom is 0.160 e. The Balaban J connectivity index is 1.03. The molecule has 0 saturated carbocycles. The Morgan fingerprint density at radius 1 is 0.246 bits per heavy atom. The predicted molar refractivity (Wildman–Crippen MR) is 274 cm³/mol. The highest BCUT2D eigenvalue weighted by Crippen LogP contribution is 2.48. The van der Waals surface area contributed by atoms with Crippen molar-refractivity contribution in [3.05, 3.63) is 255 Å². The third-order valence-electron chi connectivity index (χ3n) is 12.6. The lowest BCUT2D eigenvalue weighted by molar-refractivity contribution is 0.669. The summed E-state index contributed by atoms with van der Waals surface area (Å²) in [4.78, 5) is 4.72. The monoisotopic (exact) mass is 830 g/mol. The van der Waals surface area contributed by atoms with E-state index in [1.165, 1.54) is 38.6 Å². The Kier molecular flexibility index (Phi) is 9.50. The average Bonchev–Trinajstić information content (AvgIpc) is 3.75. The number of anilines is 6. The second-order valence-corrected chi connectivity index (χ2v) is 16.5. The first kappa shape index (κ1) is 38.0. The van der Waals surface area contributed by atoms with Crippen LogP contribution in [0.2, 0.25) is 0 Å². The summed E-state index contributed by atoms with van der Waals surface area (Å²) in [6.07, 6.45) is 0. The van der Waals surface area contributed by atoms with Gasteiger partial charge in [0.05, 0.1) is 5.69 Å². The highest BCUT2D eigenvalue weighted by atomic mass is 16.3. The van der Waals surface area contributed by atoms with E-state index >= 15 is 0 Å². The van der Waals surface area contributed by atoms with E-state index in [2.05, 4.69) is 265 Å². The molecule has 0 saturated heterocycles. The zero-order valence-corrected chi connectivity index (χ0v) is 35.6. The summed E-state index contributed by atoms with van der Waals surface area (Å²) in [5.41, 5.74) is 15.0. The smallest absolute Gasteiger partial charge is 0.160 e. The van der Waals surface area contributed by atoms with Gasteiger partial charge in [0.1, 0.15) is 5.58 Å². The molecule has 12 aromatic rings. The van der Waals surface area contributed by atoms with E-state index in [1.807, 2.05) is 0 Å². The fourth-order valence-corrected chi connectivity index (χ4v) is 9.39. The molecular weight excluding hydrogens is 789 g/mol. The van der Waals surface area contributed by atoms with Crippen molar-refractivity contribution in [1.29, 1.82) is 0 Å². The lowest BCUT2D eigenvalue weighted by Crippen LogP contribution is -2.10. The molecule has 1 aromatic heterocycles. The Morgan fingerprint density at radius 3 is 1.43 bits per heavy atom. The van der Waals surface area contributed by atoms with Crippen LogP contribution in [-0.4, -0.2) is 0 Å². The van der Waals surface area contributed by atoms with Crippen LogP contribution in [0, 0.1) is 0 Å². The molecule has 0 N–H and O–H groups in total. The van der Waals surface area contributed by atoms with Crippen LogP contribution in [0.3, 0.4) is 0 Å². The van der Waals surface area contributed by atoms with Gasteiger partial charge in [0.15, 0.2) is 5.58 Å². The van der Waals surface area contributed by atoms with E-state index < -0.39 is 0 Å². The molecule has 3 heteroatoms. The fraction of sp³-hybridized carbons (Fsp3) is 0. The molecular formula is C62H42N2O. The van der Waals surface area contributed by atoms with E-state index in [0.29, 0.717) is 0 Å². The average molecular weight is 831 g/mol. The Hall–Kier alpha value is -8.66. The van der Waals surface area contributed by atoms with Crippen molar-refractivity contribution in [2.75, 3.05) is 9.80 Å². The number of rotatable bonds is 9. The molecule has 0 aliphatic carbocycles. The van der Waals surface area contributed by atoms with Crippen LogP contribution >= 0.6 is 0 Å². The maximum absolute atomic E-state index is 7.07. The summed E-state index contributed by atoms with van der Waals surface area (Å²) in [6, 6.07) is 91.2. The number of fused-ring (bicyclic) bond motifs is 5. The third kappa shape index (κ3) is 7.06. The number of hydrogen-bond donors (Lipinski definition) is 0. The third-order valence-corrected chi connectivity index (χ3v) is 12.6. The molecule has 0 spiro atoms. The van der Waals surface area contributed by atoms with Crippen LogP contribution in [0.25, 0.3) is 76.9 Å². The van der Waals surface area contributed by atoms with Crippen molar-refractivity contribution < 1.29 is 4.42 Å². The topological polar surface area (TPSA) is 19.6 Å². The summed E-state index contributed by atoms with van der Waals surface area (Å²) in [6.45, 7) is 0. The van der Waals surface area contributed by atoms with Crippen LogP contribution in [0.1, 0.15) is 0 Å². The molecule has 0 aliphatic rings. The lowest BCUT2D eigenvalue weighted by atomic mass is 9.99. The summed E-state index contributed by atoms with van der Waals surface area (Å²) >= 11 is 0. The van der Waals surface area contributed by atoms with Crippen molar-refractivity contribution >= 4 is 77.6 Å². The summed E-state index contributed by atoms with van der Waals surface area (Å²) in [5.74, 6) is 0. The molecule has 0 radical (unpaired) electrons. The molecule has 0 aliphatic heterocycles. The van der Waals surface area contributed by atoms with Gasteiger partial charge in [-0.15, -0.1) is 0 Å². The summed E-state index contributed by atoms with van der Waals surface area (Å²) in [5, 5.41) is 6.76. The molecule has 3 nitrogen and oxygen atoms in total. The van der Waals surface area contributed by atoms with Crippen molar-refractivity contribution in [1.82, 2.24) is 0 Å². The first-order valence-electron chi connectivity index (χ1n) is 22.2. The maximum atomic E-state index is 7.07. The van der Waals surface area contributed by atoms with E-state index in [9.17, 15) is 0 Å². The van der Waals surface area contributed by atoms with Crippen LogP contribution in [0.4, 0.5) is 34.1 Å². The largest absolute Gasteiger partial charge is 0.454 e. The van der Waals surface area contributed by atoms with Crippen molar-refractivity contribution in [3.63, 3.8) is 0 Å². The minimum absolute atomic E-state index is 0.832. The highest BCUT2D eigenvalue weighted by molar-refractivity contribution is 6.20. The van der Waals surface area contributed by atoms with Gasteiger partial charge in [0.2, 0.25) is 0 Å². The molecule has 0 bridgehead atoms. The zero-order valence-electron chi connectivity index (χ0n) is 35.6. The van der Waals surface area contributed by atoms with Gasteiger partial charge >= 0.3 is 0 Å². The minimum Gasteiger partial charge on any atom is -0.454 e. The Bertz CT molecular complexity index is 3640. The van der Waals surface area contributed by atoms with E-state index in [0.717, 1.165) is 72.4 Å². The van der Waals surface area contributed by atoms with Gasteiger partial charge in [0, 0.05) is 44.6 Å². The second-order valence-electron chi connectivity index (χ2n) is 16.5. The molecule has 65 heavy (non-hydrogen) atoms. The number of hydrogen-bond acceptors (Lipinski definition) is 3. The Morgan fingerprint density at radius 2 is 0.723 bits per heavy atom. The van der Waals surface area contributed by atoms with Gasteiger partial charge in [-0.1, -0.05) is 182 Å². The molecule has 0 fully saturated rings. The van der Waals surface area contributed by atoms with E-state index in [4.69, 9.17) is 4.42 Å². The van der Waals surface area contributed by atoms with Crippen LogP contribution in [0.15, 0.2) is 259 Å². The van der Waals surface area contributed by atoms with Crippen molar-refractivity contribution in [2.24, 2.45) is 0 Å².